The normalized spacial score (nSPS) is 14.2. The van der Waals surface area contributed by atoms with Gasteiger partial charge in [0.1, 0.15) is 0 Å². The monoisotopic (exact) mass is 324 g/mol. The number of hydrogen-bond acceptors (Lipinski definition) is 8. The molecule has 0 aromatic heterocycles. The van der Waals surface area contributed by atoms with Crippen LogP contribution in [0.25, 0.3) is 0 Å². The molecule has 0 aliphatic heterocycles. The van der Waals surface area contributed by atoms with Crippen molar-refractivity contribution in [3.63, 3.8) is 0 Å². The first-order chi connectivity index (χ1) is 10.1. The largest absolute Gasteiger partial charge is 0.481 e. The number of hydrogen-bond donors (Lipinski definition) is 6. The molecule has 0 aliphatic rings. The quantitative estimate of drug-likeness (QED) is 0.223. The summed E-state index contributed by atoms with van der Waals surface area (Å²) in [5, 5.41) is 54.1. The Morgan fingerprint density at radius 3 is 1.77 bits per heavy atom. The van der Waals surface area contributed by atoms with Crippen molar-refractivity contribution >= 4 is 17.9 Å². The summed E-state index contributed by atoms with van der Waals surface area (Å²) in [6, 6.07) is 0. The molecule has 0 aliphatic carbocycles. The minimum Gasteiger partial charge on any atom is -0.481 e. The number of ether oxygens (including phenoxy) is 1. The lowest BCUT2D eigenvalue weighted by molar-refractivity contribution is -0.172. The van der Waals surface area contributed by atoms with Crippen molar-refractivity contribution < 1.29 is 49.8 Å². The zero-order valence-corrected chi connectivity index (χ0v) is 11.8. The summed E-state index contributed by atoms with van der Waals surface area (Å²) in [6.07, 6.45) is -2.35. The molecule has 0 bridgehead atoms. The highest BCUT2D eigenvalue weighted by Crippen LogP contribution is 2.21. The molecule has 10 nitrogen and oxygen atoms in total. The van der Waals surface area contributed by atoms with E-state index in [4.69, 9.17) is 25.5 Å². The first kappa shape index (κ1) is 20.2. The summed E-state index contributed by atoms with van der Waals surface area (Å²) < 4.78 is 4.64. The number of aliphatic hydroxyl groups is 4. The molecule has 0 fully saturated rings. The van der Waals surface area contributed by atoms with Crippen LogP contribution in [0.3, 0.4) is 0 Å². The molecule has 0 aromatic carbocycles. The van der Waals surface area contributed by atoms with Crippen molar-refractivity contribution in [2.24, 2.45) is 5.41 Å². The van der Waals surface area contributed by atoms with Crippen LogP contribution in [0.5, 0.6) is 0 Å². The fourth-order valence-electron chi connectivity index (χ4n) is 1.52. The summed E-state index contributed by atoms with van der Waals surface area (Å²) in [6.45, 7) is -2.04. The Bertz CT molecular complexity index is 394. The summed E-state index contributed by atoms with van der Waals surface area (Å²) >= 11 is 0. The Morgan fingerprint density at radius 1 is 0.909 bits per heavy atom. The molecule has 0 radical (unpaired) electrons. The van der Waals surface area contributed by atoms with Gasteiger partial charge in [0.15, 0.2) is 5.60 Å². The average Bonchev–Trinajstić information content (AvgIpc) is 2.43. The lowest BCUT2D eigenvalue weighted by Crippen LogP contribution is -2.43. The predicted octanol–water partition coefficient (Wildman–Crippen LogP) is -2.44. The van der Waals surface area contributed by atoms with E-state index in [2.05, 4.69) is 4.74 Å². The van der Waals surface area contributed by atoms with Gasteiger partial charge in [0.25, 0.3) is 0 Å². The Balaban J connectivity index is 4.55. The van der Waals surface area contributed by atoms with E-state index in [0.29, 0.717) is 0 Å². The summed E-state index contributed by atoms with van der Waals surface area (Å²) in [7, 11) is 0. The van der Waals surface area contributed by atoms with Crippen LogP contribution in [0.4, 0.5) is 0 Å². The molecule has 0 heterocycles. The van der Waals surface area contributed by atoms with Crippen LogP contribution in [0.15, 0.2) is 0 Å². The highest BCUT2D eigenvalue weighted by molar-refractivity contribution is 5.88. The molecule has 10 heteroatoms. The smallest absolute Gasteiger partial charge is 0.336 e. The van der Waals surface area contributed by atoms with Crippen LogP contribution in [-0.2, 0) is 19.1 Å². The Labute approximate surface area is 125 Å². The molecule has 0 aromatic rings. The van der Waals surface area contributed by atoms with Gasteiger partial charge < -0.3 is 35.4 Å². The van der Waals surface area contributed by atoms with Crippen molar-refractivity contribution in [1.82, 2.24) is 0 Å². The maximum Gasteiger partial charge on any atom is 0.336 e. The number of rotatable bonds is 11. The van der Waals surface area contributed by atoms with Crippen molar-refractivity contribution in [1.29, 1.82) is 0 Å². The van der Waals surface area contributed by atoms with E-state index >= 15 is 0 Å². The highest BCUT2D eigenvalue weighted by Gasteiger charge is 2.41. The van der Waals surface area contributed by atoms with E-state index in [9.17, 15) is 19.5 Å². The number of carbonyl (C=O) groups excluding carboxylic acids is 1. The predicted molar refractivity (Wildman–Crippen MR) is 68.7 cm³/mol. The molecular weight excluding hydrogens is 304 g/mol. The number of carboxylic acids is 2. The van der Waals surface area contributed by atoms with E-state index in [0.717, 1.165) is 0 Å². The van der Waals surface area contributed by atoms with E-state index < -0.39 is 61.6 Å². The van der Waals surface area contributed by atoms with Crippen LogP contribution < -0.4 is 0 Å². The minimum absolute atomic E-state index is 0.104. The first-order valence-corrected chi connectivity index (χ1v) is 6.30. The van der Waals surface area contributed by atoms with Gasteiger partial charge in [-0.05, 0) is 6.42 Å². The molecule has 0 amide bonds. The number of aliphatic carboxylic acids is 2. The second-order valence-corrected chi connectivity index (χ2v) is 5.03. The molecule has 1 unspecified atom stereocenters. The zero-order chi connectivity index (χ0) is 17.4. The zero-order valence-electron chi connectivity index (χ0n) is 11.8. The van der Waals surface area contributed by atoms with Crippen LogP contribution in [0.2, 0.25) is 0 Å². The van der Waals surface area contributed by atoms with E-state index in [1.165, 1.54) is 0 Å². The Morgan fingerprint density at radius 2 is 1.41 bits per heavy atom. The van der Waals surface area contributed by atoms with Crippen molar-refractivity contribution in [2.75, 3.05) is 26.4 Å². The van der Waals surface area contributed by atoms with Crippen LogP contribution in [0.1, 0.15) is 19.3 Å². The summed E-state index contributed by atoms with van der Waals surface area (Å²) in [5.74, 6) is -4.63. The number of carboxylic acid groups (broad SMARTS) is 2. The summed E-state index contributed by atoms with van der Waals surface area (Å²) in [4.78, 5) is 32.8. The van der Waals surface area contributed by atoms with Crippen molar-refractivity contribution in [2.45, 2.75) is 24.9 Å². The SMILES string of the molecule is O=C(O)CC(O)(CC(=O)OCCC(CO)(CO)CO)C(=O)O. The topological polar surface area (TPSA) is 182 Å². The molecule has 22 heavy (non-hydrogen) atoms. The molecule has 0 rings (SSSR count). The van der Waals surface area contributed by atoms with Crippen molar-refractivity contribution in [3.8, 4) is 0 Å². The van der Waals surface area contributed by atoms with Gasteiger partial charge >= 0.3 is 17.9 Å². The van der Waals surface area contributed by atoms with Gasteiger partial charge in [-0.15, -0.1) is 0 Å². The fraction of sp³-hybridized carbons (Fsp3) is 0.750. The van der Waals surface area contributed by atoms with Crippen LogP contribution in [-0.4, -0.2) is 80.6 Å². The van der Waals surface area contributed by atoms with Gasteiger partial charge in [-0.25, -0.2) is 4.79 Å². The fourth-order valence-corrected chi connectivity index (χ4v) is 1.52. The number of esters is 1. The van der Waals surface area contributed by atoms with Crippen LogP contribution >= 0.6 is 0 Å². The molecule has 0 spiro atoms. The first-order valence-electron chi connectivity index (χ1n) is 6.30. The Hall–Kier alpha value is -1.75. The van der Waals surface area contributed by atoms with Gasteiger partial charge in [-0.3, -0.25) is 9.59 Å². The van der Waals surface area contributed by atoms with Crippen molar-refractivity contribution in [3.05, 3.63) is 0 Å². The van der Waals surface area contributed by atoms with E-state index in [1.807, 2.05) is 0 Å². The summed E-state index contributed by atoms with van der Waals surface area (Å²) in [5.41, 5.74) is -4.05. The second-order valence-electron chi connectivity index (χ2n) is 5.03. The van der Waals surface area contributed by atoms with E-state index in [1.54, 1.807) is 0 Å². The standard InChI is InChI=1S/C12H20O10/c13-5-11(6-14,7-15)1-2-22-9(18)4-12(21,10(19)20)3-8(16)17/h13-15,21H,1-7H2,(H,16,17)(H,19,20). The minimum atomic E-state index is -2.79. The molecule has 128 valence electrons. The molecular formula is C12H20O10. The highest BCUT2D eigenvalue weighted by atomic mass is 16.5. The third kappa shape index (κ3) is 5.93. The van der Waals surface area contributed by atoms with Gasteiger partial charge in [0.2, 0.25) is 0 Å². The lowest BCUT2D eigenvalue weighted by Gasteiger charge is -2.27. The molecule has 0 saturated heterocycles. The number of carbonyl (C=O) groups is 3. The average molecular weight is 324 g/mol. The Kier molecular flexibility index (Phi) is 7.95. The van der Waals surface area contributed by atoms with Crippen LogP contribution in [0, 0.1) is 5.41 Å². The number of aliphatic hydroxyl groups excluding tert-OH is 3. The lowest BCUT2D eigenvalue weighted by atomic mass is 9.88. The van der Waals surface area contributed by atoms with Gasteiger partial charge in [-0.1, -0.05) is 0 Å². The molecule has 0 saturated carbocycles. The van der Waals surface area contributed by atoms with E-state index in [-0.39, 0.29) is 13.0 Å². The third-order valence-corrected chi connectivity index (χ3v) is 3.18. The van der Waals surface area contributed by atoms with Gasteiger partial charge in [-0.2, -0.15) is 0 Å². The third-order valence-electron chi connectivity index (χ3n) is 3.18. The van der Waals surface area contributed by atoms with Gasteiger partial charge in [0, 0.05) is 5.41 Å². The molecule has 6 N–H and O–H groups in total. The maximum atomic E-state index is 11.5. The molecule has 1 atom stereocenters. The second kappa shape index (κ2) is 8.63. The maximum absolute atomic E-state index is 11.5. The van der Waals surface area contributed by atoms with Gasteiger partial charge in [0.05, 0.1) is 39.3 Å².